The first-order chi connectivity index (χ1) is 12.5. The highest BCUT2D eigenvalue weighted by molar-refractivity contribution is 8.01. The number of hydrogen-bond acceptors (Lipinski definition) is 3. The first kappa shape index (κ1) is 17.9. The molecule has 26 heavy (non-hydrogen) atoms. The van der Waals surface area contributed by atoms with E-state index in [2.05, 4.69) is 41.0 Å². The number of carbonyl (C=O) groups is 2. The summed E-state index contributed by atoms with van der Waals surface area (Å²) in [7, 11) is 0. The van der Waals surface area contributed by atoms with E-state index in [0.717, 1.165) is 45.3 Å². The second-order valence-electron chi connectivity index (χ2n) is 8.02. The highest BCUT2D eigenvalue weighted by Crippen LogP contribution is 2.44. The molecule has 4 nitrogen and oxygen atoms in total. The van der Waals surface area contributed by atoms with Crippen LogP contribution in [0.1, 0.15) is 49.1 Å². The number of carbonyl (C=O) groups excluding carboxylic acids is 2. The zero-order valence-electron chi connectivity index (χ0n) is 15.7. The van der Waals surface area contributed by atoms with Crippen LogP contribution in [0, 0.1) is 18.8 Å². The Kier molecular flexibility index (Phi) is 5.00. The van der Waals surface area contributed by atoms with Gasteiger partial charge in [-0.25, -0.2) is 0 Å². The van der Waals surface area contributed by atoms with E-state index in [-0.39, 0.29) is 16.5 Å². The normalized spacial score (nSPS) is 27.2. The Morgan fingerprint density at radius 2 is 1.85 bits per heavy atom. The van der Waals surface area contributed by atoms with Crippen LogP contribution in [0.4, 0.5) is 0 Å². The number of rotatable bonds is 4. The lowest BCUT2D eigenvalue weighted by Gasteiger charge is -2.35. The van der Waals surface area contributed by atoms with E-state index in [9.17, 15) is 9.59 Å². The zero-order chi connectivity index (χ0) is 18.3. The fourth-order valence-corrected chi connectivity index (χ4v) is 5.55. The molecular formula is C21H28N2O2S. The Bertz CT molecular complexity index is 695. The minimum Gasteiger partial charge on any atom is -0.342 e. The van der Waals surface area contributed by atoms with E-state index >= 15 is 0 Å². The number of benzene rings is 1. The number of hydrogen-bond donors (Lipinski definition) is 0. The number of piperidine rings is 1. The molecule has 3 aliphatic rings. The van der Waals surface area contributed by atoms with Crippen molar-refractivity contribution < 1.29 is 9.59 Å². The van der Waals surface area contributed by atoms with E-state index in [1.165, 1.54) is 11.1 Å². The van der Waals surface area contributed by atoms with Crippen LogP contribution < -0.4 is 0 Å². The summed E-state index contributed by atoms with van der Waals surface area (Å²) < 4.78 is 0. The molecule has 1 saturated carbocycles. The van der Waals surface area contributed by atoms with Gasteiger partial charge in [0.05, 0.1) is 5.25 Å². The minimum absolute atomic E-state index is 0.0242. The third-order valence-corrected chi connectivity index (χ3v) is 7.39. The SMILES string of the molecule is Cc1ccccc1C1SC(C)C(=O)N1CC1CCN(C(=O)C2CC2)CC1. The number of nitrogens with zero attached hydrogens (tertiary/aromatic N) is 2. The molecule has 4 rings (SSSR count). The first-order valence-electron chi connectivity index (χ1n) is 9.85. The highest BCUT2D eigenvalue weighted by Gasteiger charge is 2.41. The van der Waals surface area contributed by atoms with Crippen LogP contribution in [-0.4, -0.2) is 46.5 Å². The van der Waals surface area contributed by atoms with Crippen molar-refractivity contribution in [3.05, 3.63) is 35.4 Å². The molecule has 140 valence electrons. The molecule has 2 atom stereocenters. The molecule has 1 aliphatic carbocycles. The molecule has 3 fully saturated rings. The summed E-state index contributed by atoms with van der Waals surface area (Å²) in [5, 5.41) is 0.154. The van der Waals surface area contributed by atoms with E-state index < -0.39 is 0 Å². The van der Waals surface area contributed by atoms with E-state index in [4.69, 9.17) is 0 Å². The number of aryl methyl sites for hydroxylation is 1. The van der Waals surface area contributed by atoms with E-state index in [0.29, 0.717) is 17.7 Å². The van der Waals surface area contributed by atoms with Crippen molar-refractivity contribution in [2.45, 2.75) is 50.2 Å². The van der Waals surface area contributed by atoms with Crippen LogP contribution in [0.5, 0.6) is 0 Å². The lowest BCUT2D eigenvalue weighted by atomic mass is 9.95. The summed E-state index contributed by atoms with van der Waals surface area (Å²) in [6, 6.07) is 8.41. The van der Waals surface area contributed by atoms with Crippen molar-refractivity contribution in [3.63, 3.8) is 0 Å². The second-order valence-corrected chi connectivity index (χ2v) is 9.45. The maximum atomic E-state index is 12.8. The molecule has 0 bridgehead atoms. The van der Waals surface area contributed by atoms with Crippen LogP contribution in [0.3, 0.4) is 0 Å². The molecule has 2 saturated heterocycles. The molecular weight excluding hydrogens is 344 g/mol. The van der Waals surface area contributed by atoms with Gasteiger partial charge < -0.3 is 9.80 Å². The molecule has 1 aromatic carbocycles. The van der Waals surface area contributed by atoms with Gasteiger partial charge in [0.1, 0.15) is 5.37 Å². The van der Waals surface area contributed by atoms with Gasteiger partial charge in [0, 0.05) is 25.6 Å². The summed E-state index contributed by atoms with van der Waals surface area (Å²) in [4.78, 5) is 29.2. The zero-order valence-corrected chi connectivity index (χ0v) is 16.5. The first-order valence-corrected chi connectivity index (χ1v) is 10.8. The smallest absolute Gasteiger partial charge is 0.236 e. The van der Waals surface area contributed by atoms with E-state index in [1.54, 1.807) is 11.8 Å². The molecule has 1 aromatic rings. The lowest BCUT2D eigenvalue weighted by molar-refractivity contribution is -0.135. The largest absolute Gasteiger partial charge is 0.342 e. The van der Waals surface area contributed by atoms with Gasteiger partial charge in [-0.2, -0.15) is 0 Å². The van der Waals surface area contributed by atoms with Gasteiger partial charge in [-0.05, 0) is 56.6 Å². The third-order valence-electron chi connectivity index (χ3n) is 6.01. The summed E-state index contributed by atoms with van der Waals surface area (Å²) in [5.74, 6) is 1.44. The van der Waals surface area contributed by atoms with Crippen LogP contribution in [-0.2, 0) is 9.59 Å². The summed E-state index contributed by atoms with van der Waals surface area (Å²) >= 11 is 1.77. The number of likely N-dealkylation sites (tertiary alicyclic amines) is 1. The molecule has 2 unspecified atom stereocenters. The predicted molar refractivity (Wildman–Crippen MR) is 105 cm³/mol. The van der Waals surface area contributed by atoms with Crippen molar-refractivity contribution in [3.8, 4) is 0 Å². The molecule has 2 aliphatic heterocycles. The standard InChI is InChI=1S/C21H28N2O2S/c1-14-5-3-4-6-18(14)21-23(19(24)15(2)26-21)13-16-9-11-22(12-10-16)20(25)17-7-8-17/h3-6,15-17,21H,7-13H2,1-2H3. The summed E-state index contributed by atoms with van der Waals surface area (Å²) in [6.07, 6.45) is 4.19. The molecule has 5 heteroatoms. The Morgan fingerprint density at radius 1 is 1.15 bits per heavy atom. The number of thioether (sulfide) groups is 1. The Labute approximate surface area is 160 Å². The van der Waals surface area contributed by atoms with Gasteiger partial charge in [-0.15, -0.1) is 11.8 Å². The molecule has 2 amide bonds. The van der Waals surface area contributed by atoms with Crippen molar-refractivity contribution in [2.75, 3.05) is 19.6 Å². The lowest BCUT2D eigenvalue weighted by Crippen LogP contribution is -2.43. The van der Waals surface area contributed by atoms with Gasteiger partial charge in [0.15, 0.2) is 0 Å². The molecule has 0 spiro atoms. The number of amides is 2. The van der Waals surface area contributed by atoms with Gasteiger partial charge in [0.25, 0.3) is 0 Å². The Morgan fingerprint density at radius 3 is 2.50 bits per heavy atom. The fraction of sp³-hybridized carbons (Fsp3) is 0.619. The molecule has 0 aromatic heterocycles. The van der Waals surface area contributed by atoms with Crippen molar-refractivity contribution in [2.24, 2.45) is 11.8 Å². The predicted octanol–water partition coefficient (Wildman–Crippen LogP) is 3.61. The maximum Gasteiger partial charge on any atom is 0.236 e. The molecule has 2 heterocycles. The third kappa shape index (κ3) is 3.51. The monoisotopic (exact) mass is 372 g/mol. The second kappa shape index (κ2) is 7.26. The van der Waals surface area contributed by atoms with Crippen LogP contribution in [0.2, 0.25) is 0 Å². The maximum absolute atomic E-state index is 12.8. The van der Waals surface area contributed by atoms with Crippen molar-refractivity contribution in [1.29, 1.82) is 0 Å². The molecule has 0 N–H and O–H groups in total. The average Bonchev–Trinajstić information content (AvgIpc) is 3.46. The Hall–Kier alpha value is -1.49. The minimum atomic E-state index is 0.0242. The summed E-state index contributed by atoms with van der Waals surface area (Å²) in [5.41, 5.74) is 2.51. The van der Waals surface area contributed by atoms with Crippen LogP contribution in [0.25, 0.3) is 0 Å². The summed E-state index contributed by atoms with van der Waals surface area (Å²) in [6.45, 7) is 6.69. The van der Waals surface area contributed by atoms with Gasteiger partial charge in [-0.1, -0.05) is 24.3 Å². The Balaban J connectivity index is 1.41. The van der Waals surface area contributed by atoms with Crippen LogP contribution in [0.15, 0.2) is 24.3 Å². The van der Waals surface area contributed by atoms with Crippen molar-refractivity contribution >= 4 is 23.6 Å². The molecule has 0 radical (unpaired) electrons. The quantitative estimate of drug-likeness (QED) is 0.811. The van der Waals surface area contributed by atoms with Gasteiger partial charge in [-0.3, -0.25) is 9.59 Å². The van der Waals surface area contributed by atoms with Gasteiger partial charge in [0.2, 0.25) is 11.8 Å². The highest BCUT2D eigenvalue weighted by atomic mass is 32.2. The fourth-order valence-electron chi connectivity index (χ4n) is 4.17. The van der Waals surface area contributed by atoms with Gasteiger partial charge >= 0.3 is 0 Å². The average molecular weight is 373 g/mol. The topological polar surface area (TPSA) is 40.6 Å². The van der Waals surface area contributed by atoms with E-state index in [1.807, 2.05) is 6.92 Å². The van der Waals surface area contributed by atoms with Crippen LogP contribution >= 0.6 is 11.8 Å². The van der Waals surface area contributed by atoms with Crippen molar-refractivity contribution in [1.82, 2.24) is 9.80 Å².